The predicted octanol–water partition coefficient (Wildman–Crippen LogP) is 5.73. The molecule has 0 spiro atoms. The van der Waals surface area contributed by atoms with E-state index in [1.54, 1.807) is 0 Å². The molecule has 3 aromatic carbocycles. The summed E-state index contributed by atoms with van der Waals surface area (Å²) < 4.78 is -0.107. The van der Waals surface area contributed by atoms with E-state index in [1.165, 1.54) is 21.6 Å². The second kappa shape index (κ2) is 5.28. The SMILES string of the molecule is c1ccc(C2(c3ccccc3)SSc3ccccc32)cc1. The second-order valence-corrected chi connectivity index (χ2v) is 7.46. The average molecular weight is 306 g/mol. The Hall–Kier alpha value is -1.64. The lowest BCUT2D eigenvalue weighted by Crippen LogP contribution is -2.22. The first-order chi connectivity index (χ1) is 10.4. The molecule has 0 nitrogen and oxygen atoms in total. The van der Waals surface area contributed by atoms with Gasteiger partial charge in [-0.15, -0.1) is 0 Å². The molecule has 0 atom stereocenters. The fourth-order valence-electron chi connectivity index (χ4n) is 2.90. The van der Waals surface area contributed by atoms with Crippen LogP contribution >= 0.6 is 21.6 Å². The molecule has 0 amide bonds. The van der Waals surface area contributed by atoms with E-state index >= 15 is 0 Å². The number of hydrogen-bond donors (Lipinski definition) is 0. The Morgan fingerprint density at radius 2 is 1.10 bits per heavy atom. The van der Waals surface area contributed by atoms with Crippen molar-refractivity contribution in [3.63, 3.8) is 0 Å². The van der Waals surface area contributed by atoms with Gasteiger partial charge in [-0.1, -0.05) is 100 Å². The molecule has 1 heterocycles. The van der Waals surface area contributed by atoms with Gasteiger partial charge >= 0.3 is 0 Å². The first kappa shape index (κ1) is 13.1. The third-order valence-electron chi connectivity index (χ3n) is 3.88. The fourth-order valence-corrected chi connectivity index (χ4v) is 6.29. The number of benzene rings is 3. The molecule has 21 heavy (non-hydrogen) atoms. The largest absolute Gasteiger partial charge is 0.102 e. The minimum atomic E-state index is -0.107. The summed E-state index contributed by atoms with van der Waals surface area (Å²) in [6.45, 7) is 0. The molecule has 0 saturated heterocycles. The Labute approximate surface area is 133 Å². The van der Waals surface area contributed by atoms with Gasteiger partial charge in [0.2, 0.25) is 0 Å². The maximum absolute atomic E-state index is 2.27. The second-order valence-electron chi connectivity index (χ2n) is 5.08. The lowest BCUT2D eigenvalue weighted by Gasteiger charge is -2.30. The van der Waals surface area contributed by atoms with Crippen LogP contribution in [0.15, 0.2) is 89.8 Å². The van der Waals surface area contributed by atoms with E-state index in [-0.39, 0.29) is 4.75 Å². The Kier molecular flexibility index (Phi) is 3.28. The van der Waals surface area contributed by atoms with Gasteiger partial charge in [-0.25, -0.2) is 0 Å². The highest BCUT2D eigenvalue weighted by Crippen LogP contribution is 2.62. The van der Waals surface area contributed by atoms with E-state index in [0.29, 0.717) is 0 Å². The molecule has 0 fully saturated rings. The molecule has 4 rings (SSSR count). The highest BCUT2D eigenvalue weighted by atomic mass is 33.1. The minimum absolute atomic E-state index is 0.107. The average Bonchev–Trinajstić information content (AvgIpc) is 2.97. The summed E-state index contributed by atoms with van der Waals surface area (Å²) in [5.41, 5.74) is 4.09. The Bertz CT molecular complexity index is 711. The Morgan fingerprint density at radius 1 is 0.571 bits per heavy atom. The third-order valence-corrected chi connectivity index (χ3v) is 6.98. The molecule has 0 aliphatic carbocycles. The van der Waals surface area contributed by atoms with Crippen molar-refractivity contribution in [3.05, 3.63) is 102 Å². The molecule has 3 aromatic rings. The fraction of sp³-hybridized carbons (Fsp3) is 0.0526. The molecular formula is C19H14S2. The van der Waals surface area contributed by atoms with Crippen molar-refractivity contribution in [1.29, 1.82) is 0 Å². The van der Waals surface area contributed by atoms with Crippen LogP contribution in [0.1, 0.15) is 16.7 Å². The van der Waals surface area contributed by atoms with Gasteiger partial charge in [-0.3, -0.25) is 0 Å². The highest BCUT2D eigenvalue weighted by molar-refractivity contribution is 8.77. The topological polar surface area (TPSA) is 0 Å². The van der Waals surface area contributed by atoms with E-state index in [9.17, 15) is 0 Å². The van der Waals surface area contributed by atoms with E-state index in [1.807, 2.05) is 21.6 Å². The maximum atomic E-state index is 2.27. The predicted molar refractivity (Wildman–Crippen MR) is 92.7 cm³/mol. The summed E-state index contributed by atoms with van der Waals surface area (Å²) in [6, 6.07) is 30.4. The summed E-state index contributed by atoms with van der Waals surface area (Å²) in [6.07, 6.45) is 0. The first-order valence-electron chi connectivity index (χ1n) is 6.97. The van der Waals surface area contributed by atoms with Crippen LogP contribution in [0.3, 0.4) is 0 Å². The molecule has 0 saturated carbocycles. The zero-order valence-corrected chi connectivity index (χ0v) is 13.0. The van der Waals surface area contributed by atoms with Gasteiger partial charge in [-0.2, -0.15) is 0 Å². The van der Waals surface area contributed by atoms with Gasteiger partial charge in [0, 0.05) is 4.90 Å². The summed E-state index contributed by atoms with van der Waals surface area (Å²) in [4.78, 5) is 1.37. The zero-order chi connectivity index (χ0) is 14.1. The first-order valence-corrected chi connectivity index (χ1v) is 9.12. The molecule has 2 heteroatoms. The molecule has 0 unspecified atom stereocenters. The summed E-state index contributed by atoms with van der Waals surface area (Å²) in [7, 11) is 3.82. The quantitative estimate of drug-likeness (QED) is 0.554. The van der Waals surface area contributed by atoms with E-state index in [0.717, 1.165) is 0 Å². The van der Waals surface area contributed by atoms with Crippen molar-refractivity contribution >= 4 is 21.6 Å². The van der Waals surface area contributed by atoms with Crippen LogP contribution in [-0.4, -0.2) is 0 Å². The van der Waals surface area contributed by atoms with Gasteiger partial charge in [0.25, 0.3) is 0 Å². The molecule has 0 radical (unpaired) electrons. The van der Waals surface area contributed by atoms with E-state index in [4.69, 9.17) is 0 Å². The van der Waals surface area contributed by atoms with Crippen LogP contribution in [0.4, 0.5) is 0 Å². The Morgan fingerprint density at radius 3 is 1.71 bits per heavy atom. The summed E-state index contributed by atoms with van der Waals surface area (Å²) in [5, 5.41) is 0. The molecule has 1 aliphatic rings. The van der Waals surface area contributed by atoms with Crippen LogP contribution < -0.4 is 0 Å². The molecule has 0 N–H and O–H groups in total. The molecule has 0 bridgehead atoms. The van der Waals surface area contributed by atoms with Crippen LogP contribution in [0.25, 0.3) is 0 Å². The minimum Gasteiger partial charge on any atom is -0.0674 e. The van der Waals surface area contributed by atoms with Crippen LogP contribution in [0.2, 0.25) is 0 Å². The molecular weight excluding hydrogens is 292 g/mol. The van der Waals surface area contributed by atoms with Crippen molar-refractivity contribution in [2.24, 2.45) is 0 Å². The monoisotopic (exact) mass is 306 g/mol. The van der Waals surface area contributed by atoms with Crippen LogP contribution in [0.5, 0.6) is 0 Å². The maximum Gasteiger partial charge on any atom is 0.102 e. The third kappa shape index (κ3) is 2.02. The van der Waals surface area contributed by atoms with Crippen molar-refractivity contribution in [1.82, 2.24) is 0 Å². The van der Waals surface area contributed by atoms with Gasteiger partial charge in [-0.05, 0) is 22.8 Å². The molecule has 0 aromatic heterocycles. The van der Waals surface area contributed by atoms with E-state index < -0.39 is 0 Å². The van der Waals surface area contributed by atoms with Crippen LogP contribution in [0, 0.1) is 0 Å². The van der Waals surface area contributed by atoms with Gasteiger partial charge in [0.05, 0.1) is 0 Å². The number of rotatable bonds is 2. The van der Waals surface area contributed by atoms with E-state index in [2.05, 4.69) is 84.9 Å². The van der Waals surface area contributed by atoms with Gasteiger partial charge in [0.15, 0.2) is 0 Å². The Balaban J connectivity index is 2.02. The number of fused-ring (bicyclic) bond motifs is 1. The van der Waals surface area contributed by atoms with Crippen molar-refractivity contribution in [3.8, 4) is 0 Å². The smallest absolute Gasteiger partial charge is 0.0674 e. The molecule has 1 aliphatic heterocycles. The number of hydrogen-bond acceptors (Lipinski definition) is 2. The van der Waals surface area contributed by atoms with Gasteiger partial charge in [0.1, 0.15) is 4.75 Å². The van der Waals surface area contributed by atoms with Gasteiger partial charge < -0.3 is 0 Å². The normalized spacial score (nSPS) is 15.6. The lowest BCUT2D eigenvalue weighted by molar-refractivity contribution is 0.884. The standard InChI is InChI=1S/C19H14S2/c1-3-9-15(10-4-1)19(16-11-5-2-6-12-16)17-13-7-8-14-18(17)20-21-19/h1-14H. The zero-order valence-electron chi connectivity index (χ0n) is 11.4. The van der Waals surface area contributed by atoms with Crippen molar-refractivity contribution < 1.29 is 0 Å². The summed E-state index contributed by atoms with van der Waals surface area (Å²) in [5.74, 6) is 0. The van der Waals surface area contributed by atoms with Crippen LogP contribution in [-0.2, 0) is 4.75 Å². The van der Waals surface area contributed by atoms with Crippen molar-refractivity contribution in [2.75, 3.05) is 0 Å². The highest BCUT2D eigenvalue weighted by Gasteiger charge is 2.43. The molecule has 102 valence electrons. The summed E-state index contributed by atoms with van der Waals surface area (Å²) >= 11 is 0. The lowest BCUT2D eigenvalue weighted by atomic mass is 9.84. The van der Waals surface area contributed by atoms with Crippen molar-refractivity contribution in [2.45, 2.75) is 9.64 Å².